The van der Waals surface area contributed by atoms with Crippen LogP contribution in [0.1, 0.15) is 66.3 Å². The molecule has 1 aliphatic heterocycles. The predicted octanol–water partition coefficient (Wildman–Crippen LogP) is 4.09. The van der Waals surface area contributed by atoms with Gasteiger partial charge in [-0.2, -0.15) is 0 Å². The summed E-state index contributed by atoms with van der Waals surface area (Å²) in [7, 11) is 0. The van der Waals surface area contributed by atoms with Gasteiger partial charge in [-0.15, -0.1) is 0 Å². The van der Waals surface area contributed by atoms with Crippen LogP contribution in [0.2, 0.25) is 0 Å². The fourth-order valence-corrected chi connectivity index (χ4v) is 3.93. The van der Waals surface area contributed by atoms with Crippen LogP contribution in [-0.4, -0.2) is 38.7 Å². The maximum absolute atomic E-state index is 13.1. The van der Waals surface area contributed by atoms with E-state index in [0.717, 1.165) is 24.2 Å². The van der Waals surface area contributed by atoms with Crippen LogP contribution in [0, 0.1) is 5.92 Å². The molecule has 0 bridgehead atoms. The number of rotatable bonds is 5. The first kappa shape index (κ1) is 20.1. The van der Waals surface area contributed by atoms with Crippen molar-refractivity contribution in [3.63, 3.8) is 0 Å². The maximum atomic E-state index is 13.1. The molecule has 0 aliphatic carbocycles. The number of benzene rings is 1. The Bertz CT molecular complexity index is 1060. The van der Waals surface area contributed by atoms with Crippen molar-refractivity contribution in [2.45, 2.75) is 45.7 Å². The summed E-state index contributed by atoms with van der Waals surface area (Å²) in [5, 5.41) is 3.06. The summed E-state index contributed by atoms with van der Waals surface area (Å²) in [6, 6.07) is 15.0. The first-order chi connectivity index (χ1) is 14.5. The normalized spacial score (nSPS) is 17.5. The molecule has 156 valence electrons. The summed E-state index contributed by atoms with van der Waals surface area (Å²) in [4.78, 5) is 32.8. The van der Waals surface area contributed by atoms with Gasteiger partial charge in [-0.25, -0.2) is 4.98 Å². The number of amides is 2. The molecule has 1 saturated heterocycles. The van der Waals surface area contributed by atoms with Gasteiger partial charge in [0.1, 0.15) is 5.82 Å². The van der Waals surface area contributed by atoms with Gasteiger partial charge in [0.25, 0.3) is 11.8 Å². The summed E-state index contributed by atoms with van der Waals surface area (Å²) in [5.41, 5.74) is 1.85. The number of pyridine rings is 1. The second kappa shape index (κ2) is 8.30. The molecular formula is C24H28N4O2. The molecule has 1 N–H and O–H groups in total. The molecule has 0 unspecified atom stereocenters. The average Bonchev–Trinajstić information content (AvgIpc) is 3.38. The van der Waals surface area contributed by atoms with Crippen molar-refractivity contribution in [1.82, 2.24) is 19.6 Å². The van der Waals surface area contributed by atoms with E-state index in [0.29, 0.717) is 23.7 Å². The summed E-state index contributed by atoms with van der Waals surface area (Å²) in [6.07, 6.45) is 3.66. The number of carbonyl (C=O) groups excluding carboxylic acids is 2. The monoisotopic (exact) mass is 404 g/mol. The molecule has 1 aromatic carbocycles. The van der Waals surface area contributed by atoms with Crippen molar-refractivity contribution in [3.05, 3.63) is 71.8 Å². The summed E-state index contributed by atoms with van der Waals surface area (Å²) < 4.78 is 1.95. The van der Waals surface area contributed by atoms with E-state index >= 15 is 0 Å². The van der Waals surface area contributed by atoms with Gasteiger partial charge >= 0.3 is 0 Å². The molecular weight excluding hydrogens is 376 g/mol. The Morgan fingerprint density at radius 2 is 1.80 bits per heavy atom. The molecule has 30 heavy (non-hydrogen) atoms. The lowest BCUT2D eigenvalue weighted by Gasteiger charge is -2.24. The van der Waals surface area contributed by atoms with Gasteiger partial charge in [-0.05, 0) is 49.9 Å². The number of hydrogen-bond acceptors (Lipinski definition) is 3. The van der Waals surface area contributed by atoms with Gasteiger partial charge in [0, 0.05) is 24.3 Å². The Labute approximate surface area is 176 Å². The predicted molar refractivity (Wildman–Crippen MR) is 116 cm³/mol. The van der Waals surface area contributed by atoms with E-state index in [1.165, 1.54) is 0 Å². The third-order valence-electron chi connectivity index (χ3n) is 5.98. The van der Waals surface area contributed by atoms with Gasteiger partial charge in [-0.1, -0.05) is 38.1 Å². The molecule has 6 nitrogen and oxygen atoms in total. The van der Waals surface area contributed by atoms with E-state index in [9.17, 15) is 9.59 Å². The largest absolute Gasteiger partial charge is 0.348 e. The second-order valence-electron chi connectivity index (χ2n) is 8.30. The minimum Gasteiger partial charge on any atom is -0.348 e. The first-order valence-electron chi connectivity index (χ1n) is 10.6. The molecule has 3 heterocycles. The molecule has 3 aromatic rings. The van der Waals surface area contributed by atoms with E-state index in [-0.39, 0.29) is 23.9 Å². The Hall–Kier alpha value is -3.15. The third-order valence-corrected chi connectivity index (χ3v) is 5.98. The number of likely N-dealkylation sites (tertiary alicyclic amines) is 1. The van der Waals surface area contributed by atoms with Gasteiger partial charge in [0.05, 0.1) is 11.6 Å². The van der Waals surface area contributed by atoms with Crippen molar-refractivity contribution in [1.29, 1.82) is 0 Å². The third kappa shape index (κ3) is 3.70. The van der Waals surface area contributed by atoms with Crippen molar-refractivity contribution >= 4 is 17.3 Å². The molecule has 0 saturated carbocycles. The van der Waals surface area contributed by atoms with Crippen LogP contribution in [0.5, 0.6) is 0 Å². The highest BCUT2D eigenvalue weighted by molar-refractivity contribution is 5.99. The molecule has 1 aliphatic rings. The van der Waals surface area contributed by atoms with Crippen LogP contribution >= 0.6 is 0 Å². The Morgan fingerprint density at radius 1 is 1.07 bits per heavy atom. The molecule has 2 atom stereocenters. The Kier molecular flexibility index (Phi) is 5.57. The number of hydrogen-bond donors (Lipinski definition) is 1. The number of nitrogens with zero attached hydrogens (tertiary/aromatic N) is 3. The lowest BCUT2D eigenvalue weighted by molar-refractivity contribution is 0.0729. The highest BCUT2D eigenvalue weighted by Crippen LogP contribution is 2.33. The van der Waals surface area contributed by atoms with Crippen LogP contribution in [0.15, 0.2) is 54.7 Å². The van der Waals surface area contributed by atoms with Crippen LogP contribution in [0.25, 0.3) is 5.52 Å². The molecule has 4 rings (SSSR count). The van der Waals surface area contributed by atoms with Crippen LogP contribution in [0.3, 0.4) is 0 Å². The quantitative estimate of drug-likeness (QED) is 0.697. The zero-order valence-electron chi connectivity index (χ0n) is 17.7. The molecule has 2 amide bonds. The fraction of sp³-hybridized carbons (Fsp3) is 0.375. The van der Waals surface area contributed by atoms with Crippen LogP contribution in [-0.2, 0) is 0 Å². The topological polar surface area (TPSA) is 66.7 Å². The molecule has 1 fully saturated rings. The average molecular weight is 405 g/mol. The summed E-state index contributed by atoms with van der Waals surface area (Å²) in [6.45, 7) is 6.84. The lowest BCUT2D eigenvalue weighted by Crippen LogP contribution is -2.36. The molecule has 0 radical (unpaired) electrons. The highest BCUT2D eigenvalue weighted by Gasteiger charge is 2.34. The number of carbonyl (C=O) groups is 2. The van der Waals surface area contributed by atoms with E-state index in [4.69, 9.17) is 4.98 Å². The first-order valence-corrected chi connectivity index (χ1v) is 10.6. The molecule has 0 spiro atoms. The highest BCUT2D eigenvalue weighted by atomic mass is 16.2. The zero-order valence-corrected chi connectivity index (χ0v) is 17.7. The number of nitrogens with one attached hydrogen (secondary N) is 1. The van der Waals surface area contributed by atoms with Crippen molar-refractivity contribution in [2.75, 3.05) is 6.54 Å². The van der Waals surface area contributed by atoms with E-state index in [2.05, 4.69) is 19.2 Å². The van der Waals surface area contributed by atoms with Crippen molar-refractivity contribution in [2.24, 2.45) is 5.92 Å². The van der Waals surface area contributed by atoms with Crippen LogP contribution in [0.4, 0.5) is 0 Å². The van der Waals surface area contributed by atoms with E-state index in [1.54, 1.807) is 0 Å². The summed E-state index contributed by atoms with van der Waals surface area (Å²) >= 11 is 0. The maximum Gasteiger partial charge on any atom is 0.272 e. The van der Waals surface area contributed by atoms with E-state index in [1.807, 2.05) is 71.0 Å². The second-order valence-corrected chi connectivity index (χ2v) is 8.30. The van der Waals surface area contributed by atoms with Gasteiger partial charge in [0.15, 0.2) is 5.69 Å². The standard InChI is InChI=1S/C24H28N4O2/c1-16(2)17(3)25-23(29)21-19-12-7-8-14-27(19)22(26-21)20-13-9-15-28(20)24(30)18-10-5-4-6-11-18/h4-8,10-12,14,16-17,20H,9,13,15H2,1-3H3,(H,25,29)/t17-,20+/m1/s1. The number of aromatic nitrogens is 2. The fourth-order valence-electron chi connectivity index (χ4n) is 3.93. The molecule has 2 aromatic heterocycles. The minimum absolute atomic E-state index is 0.00483. The Morgan fingerprint density at radius 3 is 2.53 bits per heavy atom. The molecule has 6 heteroatoms. The van der Waals surface area contributed by atoms with Crippen molar-refractivity contribution in [3.8, 4) is 0 Å². The Balaban J connectivity index is 1.70. The van der Waals surface area contributed by atoms with Gasteiger partial charge < -0.3 is 14.6 Å². The van der Waals surface area contributed by atoms with Gasteiger partial charge in [0.2, 0.25) is 0 Å². The lowest BCUT2D eigenvalue weighted by atomic mass is 10.1. The van der Waals surface area contributed by atoms with Crippen LogP contribution < -0.4 is 5.32 Å². The number of imidazole rings is 1. The minimum atomic E-state index is -0.176. The smallest absolute Gasteiger partial charge is 0.272 e. The van der Waals surface area contributed by atoms with Gasteiger partial charge in [-0.3, -0.25) is 9.59 Å². The summed E-state index contributed by atoms with van der Waals surface area (Å²) in [5.74, 6) is 0.904. The van der Waals surface area contributed by atoms with Crippen molar-refractivity contribution < 1.29 is 9.59 Å². The zero-order chi connectivity index (χ0) is 21.3. The van der Waals surface area contributed by atoms with E-state index < -0.39 is 0 Å². The number of fused-ring (bicyclic) bond motifs is 1. The SMILES string of the molecule is CC(C)[C@@H](C)NC(=O)c1nc([C@@H]2CCCN2C(=O)c2ccccc2)n2ccccc12.